The molecule has 0 aliphatic carbocycles. The van der Waals surface area contributed by atoms with Gasteiger partial charge in [-0.3, -0.25) is 9.52 Å². The smallest absolute Gasteiger partial charge is 0.267 e. The lowest BCUT2D eigenvalue weighted by atomic mass is 9.95. The van der Waals surface area contributed by atoms with Crippen LogP contribution in [0, 0.1) is 13.8 Å². The zero-order chi connectivity index (χ0) is 24.5. The first-order valence-electron chi connectivity index (χ1n) is 10.2. The van der Waals surface area contributed by atoms with Crippen molar-refractivity contribution in [3.63, 3.8) is 0 Å². The number of benzene rings is 2. The van der Waals surface area contributed by atoms with E-state index in [4.69, 9.17) is 9.26 Å². The number of carbonyl (C=O) groups excluding carboxylic acids is 1. The van der Waals surface area contributed by atoms with Crippen molar-refractivity contribution in [1.29, 1.82) is 0 Å². The van der Waals surface area contributed by atoms with Gasteiger partial charge >= 0.3 is 0 Å². The third-order valence-electron chi connectivity index (χ3n) is 5.24. The minimum atomic E-state index is -3.88. The Kier molecular flexibility index (Phi) is 6.41. The lowest BCUT2D eigenvalue weighted by Crippen LogP contribution is -2.14. The molecule has 0 saturated carbocycles. The summed E-state index contributed by atoms with van der Waals surface area (Å²) in [5, 5.41) is 5.67. The Morgan fingerprint density at radius 3 is 2.44 bits per heavy atom. The van der Waals surface area contributed by atoms with Gasteiger partial charge in [-0.2, -0.15) is 0 Å². The predicted octanol–water partition coefficient (Wildman–Crippen LogP) is 5.73. The first-order valence-corrected chi connectivity index (χ1v) is 12.6. The number of hydrogen-bond acceptors (Lipinski definition) is 7. The topological polar surface area (TPSA) is 98.5 Å². The number of rotatable bonds is 8. The van der Waals surface area contributed by atoms with Crippen LogP contribution >= 0.6 is 11.3 Å². The Hall–Kier alpha value is -3.69. The Bertz CT molecular complexity index is 1450. The highest BCUT2D eigenvalue weighted by molar-refractivity contribution is 7.92. The maximum absolute atomic E-state index is 13.2. The molecular formula is C25H22N2O5S2. The quantitative estimate of drug-likeness (QED) is 0.248. The maximum Gasteiger partial charge on any atom is 0.267 e. The van der Waals surface area contributed by atoms with Crippen molar-refractivity contribution in [2.45, 2.75) is 18.7 Å². The molecule has 2 aromatic carbocycles. The minimum absolute atomic E-state index is 0.00116. The third kappa shape index (κ3) is 4.52. The van der Waals surface area contributed by atoms with E-state index in [1.165, 1.54) is 19.1 Å². The van der Waals surface area contributed by atoms with Crippen molar-refractivity contribution in [3.05, 3.63) is 89.1 Å². The monoisotopic (exact) mass is 494 g/mol. The van der Waals surface area contributed by atoms with Crippen LogP contribution in [0.25, 0.3) is 16.0 Å². The highest BCUT2D eigenvalue weighted by Gasteiger charge is 2.24. The van der Waals surface area contributed by atoms with E-state index in [2.05, 4.69) is 16.5 Å². The van der Waals surface area contributed by atoms with Crippen LogP contribution in [-0.4, -0.2) is 26.5 Å². The number of methoxy groups -OCH3 is 1. The number of sulfonamides is 1. The van der Waals surface area contributed by atoms with Gasteiger partial charge in [0.2, 0.25) is 0 Å². The van der Waals surface area contributed by atoms with Gasteiger partial charge in [0.25, 0.3) is 10.0 Å². The second-order valence-electron chi connectivity index (χ2n) is 7.54. The molecule has 4 rings (SSSR count). The van der Waals surface area contributed by atoms with Gasteiger partial charge in [0.15, 0.2) is 16.4 Å². The molecule has 0 unspecified atom stereocenters. The van der Waals surface area contributed by atoms with E-state index in [0.29, 0.717) is 22.6 Å². The summed E-state index contributed by atoms with van der Waals surface area (Å²) in [4.78, 5) is 14.2. The zero-order valence-electron chi connectivity index (χ0n) is 18.8. The summed E-state index contributed by atoms with van der Waals surface area (Å²) in [5.74, 6) is 0.455. The van der Waals surface area contributed by atoms with Crippen molar-refractivity contribution in [2.24, 2.45) is 0 Å². The largest absolute Gasteiger partial charge is 0.496 e. The number of aryl methyl sites for hydroxylation is 2. The van der Waals surface area contributed by atoms with Gasteiger partial charge in [-0.05, 0) is 73.3 Å². The fraction of sp³-hybridized carbons (Fsp3) is 0.120. The number of thiophene rings is 1. The first kappa shape index (κ1) is 23.5. The maximum atomic E-state index is 13.2. The summed E-state index contributed by atoms with van der Waals surface area (Å²) in [6, 6.07) is 15.8. The number of aromatic nitrogens is 1. The van der Waals surface area contributed by atoms with Crippen LogP contribution in [-0.2, 0) is 10.0 Å². The van der Waals surface area contributed by atoms with E-state index in [9.17, 15) is 13.2 Å². The molecule has 0 fully saturated rings. The molecule has 2 heterocycles. The third-order valence-corrected chi connectivity index (χ3v) is 7.78. The molecule has 0 spiro atoms. The van der Waals surface area contributed by atoms with Gasteiger partial charge < -0.3 is 9.26 Å². The lowest BCUT2D eigenvalue weighted by molar-refractivity contribution is 0.105. The van der Waals surface area contributed by atoms with Crippen LogP contribution in [0.4, 0.5) is 5.69 Å². The molecule has 2 aromatic heterocycles. The van der Waals surface area contributed by atoms with Crippen molar-refractivity contribution in [3.8, 4) is 16.2 Å². The standard InChI is InChI=1S/C25H22N2O5S2/c1-15(21-14-19(9-12-22(21)31-4)23-6-5-13-33-23)24(28)18-7-10-20(11-8-18)27-34(29,30)25-16(2)26-32-17(25)3/h5-14,27H,1H2,2-4H3. The molecule has 0 aliphatic heterocycles. The van der Waals surface area contributed by atoms with E-state index in [-0.39, 0.29) is 27.7 Å². The average Bonchev–Trinajstić information content (AvgIpc) is 3.48. The average molecular weight is 495 g/mol. The highest BCUT2D eigenvalue weighted by atomic mass is 32.2. The molecule has 34 heavy (non-hydrogen) atoms. The summed E-state index contributed by atoms with van der Waals surface area (Å²) in [6.45, 7) is 7.10. The zero-order valence-corrected chi connectivity index (χ0v) is 20.4. The van der Waals surface area contributed by atoms with E-state index >= 15 is 0 Å². The Labute approximate surface area is 201 Å². The number of hydrogen-bond donors (Lipinski definition) is 1. The van der Waals surface area contributed by atoms with Crippen LogP contribution in [0.1, 0.15) is 27.4 Å². The fourth-order valence-corrected chi connectivity index (χ4v) is 5.70. The van der Waals surface area contributed by atoms with E-state index in [0.717, 1.165) is 10.4 Å². The van der Waals surface area contributed by atoms with Gasteiger partial charge in [0.05, 0.1) is 7.11 Å². The van der Waals surface area contributed by atoms with Gasteiger partial charge in [0, 0.05) is 27.3 Å². The van der Waals surface area contributed by atoms with Crippen molar-refractivity contribution in [1.82, 2.24) is 5.16 Å². The molecule has 0 saturated heterocycles. The number of ether oxygens (including phenoxy) is 1. The van der Waals surface area contributed by atoms with Gasteiger partial charge in [-0.1, -0.05) is 17.8 Å². The summed E-state index contributed by atoms with van der Waals surface area (Å²) >= 11 is 1.60. The van der Waals surface area contributed by atoms with Crippen LogP contribution in [0.3, 0.4) is 0 Å². The normalized spacial score (nSPS) is 11.3. The van der Waals surface area contributed by atoms with Gasteiger partial charge in [-0.25, -0.2) is 8.42 Å². The Morgan fingerprint density at radius 1 is 1.12 bits per heavy atom. The molecule has 0 aliphatic rings. The minimum Gasteiger partial charge on any atom is -0.496 e. The molecule has 0 atom stereocenters. The number of carbonyl (C=O) groups is 1. The summed E-state index contributed by atoms with van der Waals surface area (Å²) < 4.78 is 38.3. The summed E-state index contributed by atoms with van der Waals surface area (Å²) in [7, 11) is -2.34. The molecule has 0 radical (unpaired) electrons. The second-order valence-corrected chi connectivity index (χ2v) is 10.1. The molecule has 1 N–H and O–H groups in total. The summed E-state index contributed by atoms with van der Waals surface area (Å²) in [5.41, 5.74) is 2.78. The molecular weight excluding hydrogens is 472 g/mol. The number of nitrogens with one attached hydrogen (secondary N) is 1. The molecule has 7 nitrogen and oxygen atoms in total. The Morgan fingerprint density at radius 2 is 1.85 bits per heavy atom. The number of nitrogens with zero attached hydrogens (tertiary/aromatic N) is 1. The molecule has 0 amide bonds. The van der Waals surface area contributed by atoms with Crippen LogP contribution in [0.5, 0.6) is 5.75 Å². The van der Waals surface area contributed by atoms with Gasteiger partial charge in [-0.15, -0.1) is 11.3 Å². The molecule has 9 heteroatoms. The summed E-state index contributed by atoms with van der Waals surface area (Å²) in [6.07, 6.45) is 0. The fourth-order valence-electron chi connectivity index (χ4n) is 3.59. The van der Waals surface area contributed by atoms with Crippen molar-refractivity contribution >= 4 is 38.4 Å². The van der Waals surface area contributed by atoms with Gasteiger partial charge in [0.1, 0.15) is 11.4 Å². The number of anilines is 1. The van der Waals surface area contributed by atoms with E-state index in [1.807, 2.05) is 35.7 Å². The predicted molar refractivity (Wildman–Crippen MR) is 133 cm³/mol. The second kappa shape index (κ2) is 9.28. The number of Topliss-reactive ketones (excluding diaryl/α,β-unsaturated/α-hetero) is 1. The van der Waals surface area contributed by atoms with Crippen LogP contribution < -0.4 is 9.46 Å². The Balaban J connectivity index is 1.57. The molecule has 4 aromatic rings. The lowest BCUT2D eigenvalue weighted by Gasteiger charge is -2.13. The van der Waals surface area contributed by atoms with Crippen molar-refractivity contribution in [2.75, 3.05) is 11.8 Å². The van der Waals surface area contributed by atoms with Crippen LogP contribution in [0.15, 0.2) is 76.0 Å². The molecule has 174 valence electrons. The first-order chi connectivity index (χ1) is 16.2. The molecule has 0 bridgehead atoms. The number of allylic oxidation sites excluding steroid dienone is 1. The van der Waals surface area contributed by atoms with Crippen molar-refractivity contribution < 1.29 is 22.5 Å². The highest BCUT2D eigenvalue weighted by Crippen LogP contribution is 2.34. The van der Waals surface area contributed by atoms with Crippen LogP contribution in [0.2, 0.25) is 0 Å². The SMILES string of the molecule is C=C(C(=O)c1ccc(NS(=O)(=O)c2c(C)noc2C)cc1)c1cc(-c2cccs2)ccc1OC. The number of ketones is 1. The van der Waals surface area contributed by atoms with E-state index < -0.39 is 10.0 Å². The van der Waals surface area contributed by atoms with E-state index in [1.54, 1.807) is 37.5 Å².